The van der Waals surface area contributed by atoms with E-state index in [2.05, 4.69) is 4.99 Å². The minimum absolute atomic E-state index is 0.0850. The fourth-order valence-electron chi connectivity index (χ4n) is 2.01. The maximum atomic E-state index is 13.0. The zero-order valence-corrected chi connectivity index (χ0v) is 12.0. The van der Waals surface area contributed by atoms with Gasteiger partial charge in [0.05, 0.1) is 12.1 Å². The number of nitrogens with zero attached hydrogens (tertiary/aromatic N) is 2. The van der Waals surface area contributed by atoms with Gasteiger partial charge in [-0.2, -0.15) is 24.9 Å². The highest BCUT2D eigenvalue weighted by Gasteiger charge is 2.33. The number of halogens is 4. The van der Waals surface area contributed by atoms with Gasteiger partial charge in [0, 0.05) is 24.6 Å². The van der Waals surface area contributed by atoms with Gasteiger partial charge in [0.2, 0.25) is 0 Å². The molecule has 1 aliphatic rings. The number of aliphatic imine (C=N–C) groups is 1. The first kappa shape index (κ1) is 15.9. The van der Waals surface area contributed by atoms with E-state index >= 15 is 0 Å². The summed E-state index contributed by atoms with van der Waals surface area (Å²) >= 11 is 1.80. The monoisotopic (exact) mass is 321 g/mol. The third-order valence-electron chi connectivity index (χ3n) is 3.12. The lowest BCUT2D eigenvalue weighted by Gasteiger charge is -2.27. The van der Waals surface area contributed by atoms with E-state index < -0.39 is 17.6 Å². The second-order valence-electron chi connectivity index (χ2n) is 4.57. The van der Waals surface area contributed by atoms with Gasteiger partial charge in [0.15, 0.2) is 5.96 Å². The molecule has 0 spiro atoms. The molecule has 116 valence electrons. The average molecular weight is 321 g/mol. The smallest absolute Gasteiger partial charge is 0.370 e. The summed E-state index contributed by atoms with van der Waals surface area (Å²) in [6, 6.07) is 2.58. The van der Waals surface area contributed by atoms with E-state index in [1.165, 1.54) is 0 Å². The summed E-state index contributed by atoms with van der Waals surface area (Å²) in [7, 11) is 0. The summed E-state index contributed by atoms with van der Waals surface area (Å²) < 4.78 is 51.5. The van der Waals surface area contributed by atoms with Crippen molar-refractivity contribution in [1.82, 2.24) is 4.90 Å². The summed E-state index contributed by atoms with van der Waals surface area (Å²) in [5, 5.41) is 0. The molecule has 2 rings (SSSR count). The number of nitrogens with two attached hydrogens (primary N) is 1. The van der Waals surface area contributed by atoms with Crippen LogP contribution >= 0.6 is 11.8 Å². The van der Waals surface area contributed by atoms with Gasteiger partial charge in [-0.15, -0.1) is 0 Å². The largest absolute Gasteiger partial charge is 0.416 e. The Kier molecular flexibility index (Phi) is 4.97. The summed E-state index contributed by atoms with van der Waals surface area (Å²) in [5.74, 6) is 1.14. The molecule has 1 aliphatic heterocycles. The molecule has 8 heteroatoms. The van der Waals surface area contributed by atoms with Crippen molar-refractivity contribution in [1.29, 1.82) is 0 Å². The van der Waals surface area contributed by atoms with E-state index in [4.69, 9.17) is 5.73 Å². The van der Waals surface area contributed by atoms with Gasteiger partial charge in [-0.25, -0.2) is 9.38 Å². The Morgan fingerprint density at radius 3 is 2.57 bits per heavy atom. The maximum Gasteiger partial charge on any atom is 0.416 e. The minimum atomic E-state index is -4.61. The van der Waals surface area contributed by atoms with Crippen LogP contribution in [0.4, 0.5) is 17.6 Å². The first-order valence-electron chi connectivity index (χ1n) is 6.36. The van der Waals surface area contributed by atoms with Crippen LogP contribution < -0.4 is 5.73 Å². The van der Waals surface area contributed by atoms with Crippen LogP contribution in [0.25, 0.3) is 0 Å². The number of alkyl halides is 3. The fraction of sp³-hybridized carbons (Fsp3) is 0.462. The molecule has 1 aromatic rings. The Balaban J connectivity index is 2.15. The molecule has 1 fully saturated rings. The number of hydrogen-bond acceptors (Lipinski definition) is 2. The third-order valence-corrected chi connectivity index (χ3v) is 4.07. The van der Waals surface area contributed by atoms with Crippen LogP contribution in [0.15, 0.2) is 23.2 Å². The molecule has 2 N–H and O–H groups in total. The van der Waals surface area contributed by atoms with E-state index in [9.17, 15) is 17.6 Å². The van der Waals surface area contributed by atoms with Crippen molar-refractivity contribution in [2.45, 2.75) is 12.7 Å². The van der Waals surface area contributed by atoms with Crippen LogP contribution in [0, 0.1) is 5.82 Å². The zero-order chi connectivity index (χ0) is 15.5. The normalized spacial score (nSPS) is 17.1. The third kappa shape index (κ3) is 4.26. The molecule has 0 bridgehead atoms. The van der Waals surface area contributed by atoms with Gasteiger partial charge in [0.1, 0.15) is 5.82 Å². The van der Waals surface area contributed by atoms with Gasteiger partial charge in [-0.1, -0.05) is 6.07 Å². The van der Waals surface area contributed by atoms with Gasteiger partial charge in [-0.05, 0) is 17.7 Å². The quantitative estimate of drug-likeness (QED) is 0.517. The number of rotatable bonds is 2. The molecule has 1 aromatic carbocycles. The molecule has 0 unspecified atom stereocenters. The molecule has 0 atom stereocenters. The van der Waals surface area contributed by atoms with Crippen molar-refractivity contribution < 1.29 is 17.6 Å². The van der Waals surface area contributed by atoms with Crippen LogP contribution in [-0.4, -0.2) is 35.5 Å². The lowest BCUT2D eigenvalue weighted by Crippen LogP contribution is -2.42. The van der Waals surface area contributed by atoms with Crippen LogP contribution in [0.3, 0.4) is 0 Å². The lowest BCUT2D eigenvalue weighted by atomic mass is 10.1. The first-order chi connectivity index (χ1) is 9.88. The summed E-state index contributed by atoms with van der Waals surface area (Å²) in [4.78, 5) is 5.85. The topological polar surface area (TPSA) is 41.6 Å². The Labute approximate surface area is 124 Å². The van der Waals surface area contributed by atoms with Gasteiger partial charge < -0.3 is 10.6 Å². The Hall–Kier alpha value is -1.44. The second-order valence-corrected chi connectivity index (χ2v) is 5.80. The predicted molar refractivity (Wildman–Crippen MR) is 75.6 cm³/mol. The van der Waals surface area contributed by atoms with Crippen LogP contribution in [0.1, 0.15) is 11.1 Å². The second kappa shape index (κ2) is 6.55. The highest BCUT2D eigenvalue weighted by Crippen LogP contribution is 2.32. The number of benzene rings is 1. The molecule has 0 aliphatic carbocycles. The van der Waals surface area contributed by atoms with E-state index in [1.807, 2.05) is 4.90 Å². The molecule has 3 nitrogen and oxygen atoms in total. The molecular formula is C13H15F4N3S. The highest BCUT2D eigenvalue weighted by atomic mass is 32.2. The van der Waals surface area contributed by atoms with Crippen molar-refractivity contribution >= 4 is 17.7 Å². The lowest BCUT2D eigenvalue weighted by molar-refractivity contribution is -0.138. The summed E-state index contributed by atoms with van der Waals surface area (Å²) in [6.45, 7) is 1.25. The summed E-state index contributed by atoms with van der Waals surface area (Å²) in [5.41, 5.74) is 4.71. The van der Waals surface area contributed by atoms with E-state index in [0.717, 1.165) is 36.7 Å². The molecule has 0 aromatic heterocycles. The molecule has 0 saturated carbocycles. The first-order valence-corrected chi connectivity index (χ1v) is 7.51. The molecule has 0 radical (unpaired) electrons. The SMILES string of the molecule is NC(=NCc1ccc(F)cc1C(F)(F)F)N1CCSCC1. The van der Waals surface area contributed by atoms with Gasteiger partial charge in [0.25, 0.3) is 0 Å². The van der Waals surface area contributed by atoms with Crippen LogP contribution in [0.5, 0.6) is 0 Å². The zero-order valence-electron chi connectivity index (χ0n) is 11.2. The Morgan fingerprint density at radius 2 is 1.95 bits per heavy atom. The molecular weight excluding hydrogens is 306 g/mol. The highest BCUT2D eigenvalue weighted by molar-refractivity contribution is 7.99. The standard InChI is InChI=1S/C13H15F4N3S/c14-10-2-1-9(11(7-10)13(15,16)17)8-19-12(18)20-3-5-21-6-4-20/h1-2,7H,3-6,8H2,(H2,18,19). The van der Waals surface area contributed by atoms with E-state index in [0.29, 0.717) is 6.07 Å². The van der Waals surface area contributed by atoms with Crippen molar-refractivity contribution in [2.24, 2.45) is 10.7 Å². The van der Waals surface area contributed by atoms with E-state index in [-0.39, 0.29) is 18.1 Å². The van der Waals surface area contributed by atoms with Crippen LogP contribution in [-0.2, 0) is 12.7 Å². The van der Waals surface area contributed by atoms with Crippen molar-refractivity contribution in [2.75, 3.05) is 24.6 Å². The predicted octanol–water partition coefficient (Wildman–Crippen LogP) is 2.71. The summed E-state index contributed by atoms with van der Waals surface area (Å²) in [6.07, 6.45) is -4.61. The molecule has 21 heavy (non-hydrogen) atoms. The Bertz CT molecular complexity index is 525. The van der Waals surface area contributed by atoms with Gasteiger partial charge >= 0.3 is 6.18 Å². The molecule has 1 heterocycles. The van der Waals surface area contributed by atoms with E-state index in [1.54, 1.807) is 11.8 Å². The van der Waals surface area contributed by atoms with Crippen molar-refractivity contribution in [3.63, 3.8) is 0 Å². The van der Waals surface area contributed by atoms with Gasteiger partial charge in [-0.3, -0.25) is 0 Å². The van der Waals surface area contributed by atoms with Crippen LogP contribution in [0.2, 0.25) is 0 Å². The number of hydrogen-bond donors (Lipinski definition) is 1. The minimum Gasteiger partial charge on any atom is -0.370 e. The fourth-order valence-corrected chi connectivity index (χ4v) is 2.91. The van der Waals surface area contributed by atoms with Crippen molar-refractivity contribution in [3.05, 3.63) is 35.1 Å². The molecule has 1 saturated heterocycles. The van der Waals surface area contributed by atoms with Crippen molar-refractivity contribution in [3.8, 4) is 0 Å². The number of thioether (sulfide) groups is 1. The molecule has 0 amide bonds. The maximum absolute atomic E-state index is 13.0. The Morgan fingerprint density at radius 1 is 1.29 bits per heavy atom. The average Bonchev–Trinajstić information content (AvgIpc) is 2.45. The number of guanidine groups is 1.